The third kappa shape index (κ3) is 3.92. The number of hydrogen-bond acceptors (Lipinski definition) is 4. The number of rotatable bonds is 5. The van der Waals surface area contributed by atoms with Crippen molar-refractivity contribution >= 4 is 28.6 Å². The maximum absolute atomic E-state index is 12.6. The van der Waals surface area contributed by atoms with E-state index in [9.17, 15) is 4.79 Å². The fourth-order valence-electron chi connectivity index (χ4n) is 2.11. The number of aromatic nitrogens is 1. The molecule has 5 heteroatoms. The van der Waals surface area contributed by atoms with Crippen molar-refractivity contribution in [1.29, 1.82) is 0 Å². The van der Waals surface area contributed by atoms with E-state index in [1.165, 1.54) is 10.4 Å². The van der Waals surface area contributed by atoms with Gasteiger partial charge in [0.05, 0.1) is 17.2 Å². The quantitative estimate of drug-likeness (QED) is 0.822. The van der Waals surface area contributed by atoms with Gasteiger partial charge in [0.25, 0.3) is 5.91 Å². The van der Waals surface area contributed by atoms with E-state index >= 15 is 0 Å². The third-order valence-electron chi connectivity index (χ3n) is 3.31. The average Bonchev–Trinajstić information content (AvgIpc) is 2.95. The molecule has 21 heavy (non-hydrogen) atoms. The van der Waals surface area contributed by atoms with Gasteiger partial charge < -0.3 is 4.90 Å². The Balaban J connectivity index is 2.12. The normalized spacial score (nSPS) is 11.1. The first-order valence-electron chi connectivity index (χ1n) is 7.13. The van der Waals surface area contributed by atoms with Crippen LogP contribution in [0, 0.1) is 19.8 Å². The maximum atomic E-state index is 12.6. The van der Waals surface area contributed by atoms with E-state index in [1.54, 1.807) is 27.6 Å². The number of carbonyl (C=O) groups excluding carboxylic acids is 1. The molecule has 114 valence electrons. The van der Waals surface area contributed by atoms with Gasteiger partial charge in [0.2, 0.25) is 0 Å². The Labute approximate surface area is 134 Å². The highest BCUT2D eigenvalue weighted by Gasteiger charge is 2.20. The van der Waals surface area contributed by atoms with Gasteiger partial charge in [-0.3, -0.25) is 4.79 Å². The van der Waals surface area contributed by atoms with E-state index in [0.29, 0.717) is 12.5 Å². The molecule has 0 aliphatic heterocycles. The molecule has 0 atom stereocenters. The second kappa shape index (κ2) is 6.71. The van der Waals surface area contributed by atoms with Gasteiger partial charge in [-0.2, -0.15) is 0 Å². The van der Waals surface area contributed by atoms with Gasteiger partial charge >= 0.3 is 0 Å². The minimum absolute atomic E-state index is 0.0767. The number of thiophene rings is 1. The van der Waals surface area contributed by atoms with Crippen molar-refractivity contribution in [3.8, 4) is 0 Å². The minimum atomic E-state index is 0.0767. The van der Waals surface area contributed by atoms with Gasteiger partial charge in [-0.1, -0.05) is 13.8 Å². The number of hydrogen-bond donors (Lipinski definition) is 0. The van der Waals surface area contributed by atoms with Crippen LogP contribution in [0.2, 0.25) is 0 Å². The van der Waals surface area contributed by atoms with E-state index in [4.69, 9.17) is 0 Å². The summed E-state index contributed by atoms with van der Waals surface area (Å²) >= 11 is 3.24. The van der Waals surface area contributed by atoms with Crippen molar-refractivity contribution in [2.75, 3.05) is 7.05 Å². The summed E-state index contributed by atoms with van der Waals surface area (Å²) in [5.74, 6) is 0.637. The predicted octanol–water partition coefficient (Wildman–Crippen LogP) is 4.29. The first-order valence-corrected chi connectivity index (χ1v) is 8.82. The smallest absolute Gasteiger partial charge is 0.265 e. The topological polar surface area (TPSA) is 33.2 Å². The molecule has 3 nitrogen and oxygen atoms in total. The predicted molar refractivity (Wildman–Crippen MR) is 90.2 cm³/mol. The zero-order valence-electron chi connectivity index (χ0n) is 13.3. The van der Waals surface area contributed by atoms with Gasteiger partial charge in [-0.05, 0) is 36.8 Å². The molecular weight excluding hydrogens is 300 g/mol. The Morgan fingerprint density at radius 2 is 2.10 bits per heavy atom. The van der Waals surface area contributed by atoms with Crippen molar-refractivity contribution in [2.24, 2.45) is 5.92 Å². The third-order valence-corrected chi connectivity index (χ3v) is 5.49. The van der Waals surface area contributed by atoms with Gasteiger partial charge in [0.1, 0.15) is 4.88 Å². The SMILES string of the molecule is Cc1ccsc1CN(C)C(=O)c1sc(CC(C)C)nc1C. The second-order valence-corrected chi connectivity index (χ2v) is 7.89. The summed E-state index contributed by atoms with van der Waals surface area (Å²) in [6.07, 6.45) is 0.937. The largest absolute Gasteiger partial charge is 0.336 e. The Hall–Kier alpha value is -1.20. The molecular formula is C16H22N2OS2. The molecule has 1 amide bonds. The fraction of sp³-hybridized carbons (Fsp3) is 0.500. The van der Waals surface area contributed by atoms with Crippen molar-refractivity contribution < 1.29 is 4.79 Å². The lowest BCUT2D eigenvalue weighted by atomic mass is 10.1. The lowest BCUT2D eigenvalue weighted by Crippen LogP contribution is -2.25. The summed E-state index contributed by atoms with van der Waals surface area (Å²) in [6, 6.07) is 2.09. The van der Waals surface area contributed by atoms with Crippen molar-refractivity contribution in [3.63, 3.8) is 0 Å². The molecule has 0 aliphatic rings. The molecule has 0 saturated heterocycles. The van der Waals surface area contributed by atoms with Crippen LogP contribution in [0.3, 0.4) is 0 Å². The summed E-state index contributed by atoms with van der Waals surface area (Å²) in [7, 11) is 1.86. The van der Waals surface area contributed by atoms with Crippen LogP contribution >= 0.6 is 22.7 Å². The number of amides is 1. The molecule has 0 aromatic carbocycles. The van der Waals surface area contributed by atoms with Gasteiger partial charge in [0, 0.05) is 18.3 Å². The molecule has 0 saturated carbocycles. The van der Waals surface area contributed by atoms with Gasteiger partial charge in [0.15, 0.2) is 0 Å². The molecule has 0 radical (unpaired) electrons. The van der Waals surface area contributed by atoms with Crippen molar-refractivity contribution in [2.45, 2.75) is 40.7 Å². The zero-order chi connectivity index (χ0) is 15.6. The highest BCUT2D eigenvalue weighted by atomic mass is 32.1. The summed E-state index contributed by atoms with van der Waals surface area (Å²) in [6.45, 7) is 9.02. The number of thiazole rings is 1. The van der Waals surface area contributed by atoms with Gasteiger partial charge in [-0.15, -0.1) is 22.7 Å². The lowest BCUT2D eigenvalue weighted by Gasteiger charge is -2.16. The molecule has 0 aliphatic carbocycles. The van der Waals surface area contributed by atoms with E-state index in [0.717, 1.165) is 22.0 Å². The Bertz CT molecular complexity index is 628. The zero-order valence-corrected chi connectivity index (χ0v) is 14.9. The van der Waals surface area contributed by atoms with E-state index in [2.05, 4.69) is 37.2 Å². The Morgan fingerprint density at radius 1 is 1.38 bits per heavy atom. The highest BCUT2D eigenvalue weighted by Crippen LogP contribution is 2.24. The number of aryl methyl sites for hydroxylation is 2. The first kappa shape index (κ1) is 16.2. The molecule has 0 fully saturated rings. The highest BCUT2D eigenvalue weighted by molar-refractivity contribution is 7.13. The molecule has 2 aromatic rings. The lowest BCUT2D eigenvalue weighted by molar-refractivity contribution is 0.0790. The van der Waals surface area contributed by atoms with Crippen LogP contribution in [-0.2, 0) is 13.0 Å². The summed E-state index contributed by atoms with van der Waals surface area (Å²) in [5.41, 5.74) is 2.11. The van der Waals surface area contributed by atoms with E-state index < -0.39 is 0 Å². The fourth-order valence-corrected chi connectivity index (χ4v) is 4.34. The number of nitrogens with zero attached hydrogens (tertiary/aromatic N) is 2. The maximum Gasteiger partial charge on any atom is 0.265 e. The second-order valence-electron chi connectivity index (χ2n) is 5.81. The Kier molecular flexibility index (Phi) is 5.17. The summed E-state index contributed by atoms with van der Waals surface area (Å²) in [5, 5.41) is 3.13. The van der Waals surface area contributed by atoms with Crippen LogP contribution in [0.4, 0.5) is 0 Å². The summed E-state index contributed by atoms with van der Waals surface area (Å²) in [4.78, 5) is 21.0. The van der Waals surface area contributed by atoms with Crippen LogP contribution in [0.5, 0.6) is 0 Å². The van der Waals surface area contributed by atoms with Crippen molar-refractivity contribution in [3.05, 3.63) is 37.5 Å². The Morgan fingerprint density at radius 3 is 2.67 bits per heavy atom. The molecule has 0 unspecified atom stereocenters. The average molecular weight is 322 g/mol. The van der Waals surface area contributed by atoms with Crippen LogP contribution in [-0.4, -0.2) is 22.8 Å². The van der Waals surface area contributed by atoms with E-state index in [1.807, 2.05) is 14.0 Å². The first-order chi connectivity index (χ1) is 9.88. The summed E-state index contributed by atoms with van der Waals surface area (Å²) < 4.78 is 0. The van der Waals surface area contributed by atoms with Crippen LogP contribution in [0.1, 0.15) is 44.7 Å². The van der Waals surface area contributed by atoms with Crippen LogP contribution in [0.15, 0.2) is 11.4 Å². The van der Waals surface area contributed by atoms with Gasteiger partial charge in [-0.25, -0.2) is 4.98 Å². The van der Waals surface area contributed by atoms with Crippen molar-refractivity contribution in [1.82, 2.24) is 9.88 Å². The van der Waals surface area contributed by atoms with Crippen LogP contribution in [0.25, 0.3) is 0 Å². The molecule has 2 aromatic heterocycles. The minimum Gasteiger partial charge on any atom is -0.336 e. The molecule has 0 bridgehead atoms. The number of carbonyl (C=O) groups is 1. The monoisotopic (exact) mass is 322 g/mol. The molecule has 0 N–H and O–H groups in total. The van der Waals surface area contributed by atoms with Crippen LogP contribution < -0.4 is 0 Å². The standard InChI is InChI=1S/C16H22N2OS2/c1-10(2)8-14-17-12(4)15(21-14)16(19)18(5)9-13-11(3)6-7-20-13/h6-7,10H,8-9H2,1-5H3. The molecule has 2 heterocycles. The molecule has 0 spiro atoms. The van der Waals surface area contributed by atoms with E-state index in [-0.39, 0.29) is 5.91 Å². The molecule has 2 rings (SSSR count).